The van der Waals surface area contributed by atoms with Crippen molar-refractivity contribution in [3.05, 3.63) is 42.6 Å². The standard InChI is InChI=1S/C13H11N5S/c14-10-6-11(15)18-12(17-10)13-16-7-9(19-13)8-4-2-1-3-5-8/h1-7H,(H4,14,15,17,18). The van der Waals surface area contributed by atoms with Gasteiger partial charge >= 0.3 is 0 Å². The molecule has 3 aromatic rings. The second kappa shape index (κ2) is 4.66. The molecule has 6 heteroatoms. The van der Waals surface area contributed by atoms with E-state index >= 15 is 0 Å². The van der Waals surface area contributed by atoms with Gasteiger partial charge in [-0.05, 0) is 5.56 Å². The van der Waals surface area contributed by atoms with Crippen LogP contribution >= 0.6 is 11.3 Å². The Morgan fingerprint density at radius 2 is 1.63 bits per heavy atom. The number of aromatic nitrogens is 3. The normalized spacial score (nSPS) is 10.5. The van der Waals surface area contributed by atoms with Crippen molar-refractivity contribution in [2.45, 2.75) is 0 Å². The molecular weight excluding hydrogens is 258 g/mol. The van der Waals surface area contributed by atoms with Crippen LogP contribution in [-0.2, 0) is 0 Å². The van der Waals surface area contributed by atoms with E-state index in [-0.39, 0.29) is 0 Å². The maximum atomic E-state index is 5.66. The molecule has 0 radical (unpaired) electrons. The molecule has 1 aromatic carbocycles. The lowest BCUT2D eigenvalue weighted by molar-refractivity contribution is 1.18. The summed E-state index contributed by atoms with van der Waals surface area (Å²) in [4.78, 5) is 13.7. The highest BCUT2D eigenvalue weighted by Crippen LogP contribution is 2.30. The molecule has 0 aliphatic rings. The van der Waals surface area contributed by atoms with Crippen LogP contribution in [0.5, 0.6) is 0 Å². The Balaban J connectivity index is 2.02. The minimum Gasteiger partial charge on any atom is -0.384 e. The first-order chi connectivity index (χ1) is 9.22. The summed E-state index contributed by atoms with van der Waals surface area (Å²) in [6, 6.07) is 11.5. The van der Waals surface area contributed by atoms with Gasteiger partial charge in [-0.2, -0.15) is 0 Å². The molecule has 0 saturated carbocycles. The van der Waals surface area contributed by atoms with Crippen LogP contribution in [0.3, 0.4) is 0 Å². The molecule has 4 N–H and O–H groups in total. The van der Waals surface area contributed by atoms with E-state index in [1.165, 1.54) is 17.4 Å². The van der Waals surface area contributed by atoms with Gasteiger partial charge in [0.15, 0.2) is 10.8 Å². The van der Waals surface area contributed by atoms with Gasteiger partial charge in [0.25, 0.3) is 0 Å². The fourth-order valence-electron chi connectivity index (χ4n) is 1.69. The van der Waals surface area contributed by atoms with Crippen LogP contribution < -0.4 is 11.5 Å². The molecule has 3 rings (SSSR count). The van der Waals surface area contributed by atoms with E-state index in [4.69, 9.17) is 11.5 Å². The average Bonchev–Trinajstić information content (AvgIpc) is 2.88. The second-order valence-electron chi connectivity index (χ2n) is 3.94. The fourth-order valence-corrected chi connectivity index (χ4v) is 2.55. The Labute approximate surface area is 114 Å². The van der Waals surface area contributed by atoms with Crippen molar-refractivity contribution in [2.24, 2.45) is 0 Å². The summed E-state index contributed by atoms with van der Waals surface area (Å²) in [6.45, 7) is 0. The molecule has 94 valence electrons. The first-order valence-electron chi connectivity index (χ1n) is 5.64. The molecule has 0 atom stereocenters. The topological polar surface area (TPSA) is 90.7 Å². The highest BCUT2D eigenvalue weighted by Gasteiger charge is 2.10. The maximum Gasteiger partial charge on any atom is 0.192 e. The summed E-state index contributed by atoms with van der Waals surface area (Å²) in [5.41, 5.74) is 12.4. The SMILES string of the molecule is Nc1cc(N)nc(-c2ncc(-c3ccccc3)s2)n1. The summed E-state index contributed by atoms with van der Waals surface area (Å²) in [6.07, 6.45) is 1.80. The van der Waals surface area contributed by atoms with Crippen LogP contribution in [0, 0.1) is 0 Å². The Morgan fingerprint density at radius 3 is 2.32 bits per heavy atom. The largest absolute Gasteiger partial charge is 0.384 e. The molecule has 0 unspecified atom stereocenters. The molecule has 2 heterocycles. The van der Waals surface area contributed by atoms with E-state index in [0.29, 0.717) is 22.5 Å². The fraction of sp³-hybridized carbons (Fsp3) is 0. The lowest BCUT2D eigenvalue weighted by Crippen LogP contribution is -1.99. The molecule has 0 aliphatic heterocycles. The molecule has 0 saturated heterocycles. The van der Waals surface area contributed by atoms with Gasteiger partial charge in [-0.1, -0.05) is 30.3 Å². The third kappa shape index (κ3) is 2.38. The van der Waals surface area contributed by atoms with Crippen molar-refractivity contribution >= 4 is 23.0 Å². The third-order valence-corrected chi connectivity index (χ3v) is 3.56. The first kappa shape index (κ1) is 11.6. The summed E-state index contributed by atoms with van der Waals surface area (Å²) < 4.78 is 0. The maximum absolute atomic E-state index is 5.66. The second-order valence-corrected chi connectivity index (χ2v) is 4.97. The van der Waals surface area contributed by atoms with Gasteiger partial charge in [0.1, 0.15) is 11.6 Å². The lowest BCUT2D eigenvalue weighted by atomic mass is 10.2. The van der Waals surface area contributed by atoms with Crippen molar-refractivity contribution in [1.82, 2.24) is 15.0 Å². The van der Waals surface area contributed by atoms with Gasteiger partial charge in [0, 0.05) is 12.3 Å². The number of nitrogens with zero attached hydrogens (tertiary/aromatic N) is 3. The van der Waals surface area contributed by atoms with Crippen molar-refractivity contribution < 1.29 is 0 Å². The zero-order valence-corrected chi connectivity index (χ0v) is 10.8. The molecule has 0 spiro atoms. The number of hydrogen-bond acceptors (Lipinski definition) is 6. The first-order valence-corrected chi connectivity index (χ1v) is 6.46. The highest BCUT2D eigenvalue weighted by molar-refractivity contribution is 7.18. The monoisotopic (exact) mass is 269 g/mol. The summed E-state index contributed by atoms with van der Waals surface area (Å²) in [7, 11) is 0. The molecule has 2 aromatic heterocycles. The average molecular weight is 269 g/mol. The molecule has 0 fully saturated rings. The third-order valence-electron chi connectivity index (χ3n) is 2.52. The molecule has 5 nitrogen and oxygen atoms in total. The number of benzene rings is 1. The number of nitrogen functional groups attached to an aromatic ring is 2. The van der Waals surface area contributed by atoms with E-state index in [1.807, 2.05) is 30.3 Å². The van der Waals surface area contributed by atoms with E-state index in [2.05, 4.69) is 15.0 Å². The Hall–Kier alpha value is -2.47. The van der Waals surface area contributed by atoms with E-state index in [1.54, 1.807) is 6.20 Å². The van der Waals surface area contributed by atoms with Crippen molar-refractivity contribution in [3.63, 3.8) is 0 Å². The molecule has 0 bridgehead atoms. The van der Waals surface area contributed by atoms with Gasteiger partial charge in [0.05, 0.1) is 4.88 Å². The lowest BCUT2D eigenvalue weighted by Gasteiger charge is -1.99. The van der Waals surface area contributed by atoms with Crippen molar-refractivity contribution in [3.8, 4) is 21.3 Å². The van der Waals surface area contributed by atoms with Gasteiger partial charge in [-0.25, -0.2) is 15.0 Å². The zero-order valence-electron chi connectivity index (χ0n) is 9.95. The summed E-state index contributed by atoms with van der Waals surface area (Å²) in [5.74, 6) is 1.16. The van der Waals surface area contributed by atoms with Crippen molar-refractivity contribution in [2.75, 3.05) is 11.5 Å². The van der Waals surface area contributed by atoms with Crippen LogP contribution in [0.25, 0.3) is 21.3 Å². The molecule has 19 heavy (non-hydrogen) atoms. The Morgan fingerprint density at radius 1 is 0.947 bits per heavy atom. The predicted molar refractivity (Wildman–Crippen MR) is 77.4 cm³/mol. The van der Waals surface area contributed by atoms with Gasteiger partial charge in [-0.15, -0.1) is 11.3 Å². The molecule has 0 aliphatic carbocycles. The number of nitrogens with two attached hydrogens (primary N) is 2. The van der Waals surface area contributed by atoms with Gasteiger partial charge in [0.2, 0.25) is 0 Å². The quantitative estimate of drug-likeness (QED) is 0.745. The zero-order chi connectivity index (χ0) is 13.2. The smallest absolute Gasteiger partial charge is 0.192 e. The summed E-state index contributed by atoms with van der Waals surface area (Å²) >= 11 is 1.51. The van der Waals surface area contributed by atoms with E-state index in [0.717, 1.165) is 10.4 Å². The van der Waals surface area contributed by atoms with Gasteiger partial charge in [-0.3, -0.25) is 0 Å². The van der Waals surface area contributed by atoms with E-state index in [9.17, 15) is 0 Å². The van der Waals surface area contributed by atoms with Crippen LogP contribution in [0.2, 0.25) is 0 Å². The number of thiazole rings is 1. The van der Waals surface area contributed by atoms with E-state index < -0.39 is 0 Å². The van der Waals surface area contributed by atoms with Gasteiger partial charge < -0.3 is 11.5 Å². The Bertz CT molecular complexity index is 688. The van der Waals surface area contributed by atoms with Crippen LogP contribution in [-0.4, -0.2) is 15.0 Å². The summed E-state index contributed by atoms with van der Waals surface area (Å²) in [5, 5.41) is 0.706. The van der Waals surface area contributed by atoms with Crippen molar-refractivity contribution in [1.29, 1.82) is 0 Å². The Kier molecular flexibility index (Phi) is 2.85. The number of rotatable bonds is 2. The van der Waals surface area contributed by atoms with Crippen LogP contribution in [0.4, 0.5) is 11.6 Å². The predicted octanol–water partition coefficient (Wildman–Crippen LogP) is 2.43. The highest BCUT2D eigenvalue weighted by atomic mass is 32.1. The van der Waals surface area contributed by atoms with Crippen LogP contribution in [0.15, 0.2) is 42.6 Å². The molecular formula is C13H11N5S. The number of anilines is 2. The minimum absolute atomic E-state index is 0.346. The number of hydrogen-bond donors (Lipinski definition) is 2. The minimum atomic E-state index is 0.346. The molecule has 0 amide bonds. The van der Waals surface area contributed by atoms with Crippen LogP contribution in [0.1, 0.15) is 0 Å².